The summed E-state index contributed by atoms with van der Waals surface area (Å²) in [5.41, 5.74) is 0.0260. The maximum Gasteiger partial charge on any atom is 0.154 e. The van der Waals surface area contributed by atoms with E-state index in [0.717, 1.165) is 6.42 Å². The van der Waals surface area contributed by atoms with Crippen molar-refractivity contribution in [2.24, 2.45) is 5.41 Å². The van der Waals surface area contributed by atoms with Gasteiger partial charge in [0, 0.05) is 33.2 Å². The number of methoxy groups -OCH3 is 3. The van der Waals surface area contributed by atoms with Crippen molar-refractivity contribution in [2.75, 3.05) is 41.2 Å². The number of hydrogen-bond donors (Lipinski definition) is 0. The first-order valence-electron chi connectivity index (χ1n) is 7.57. The van der Waals surface area contributed by atoms with E-state index in [1.807, 2.05) is 6.92 Å². The minimum atomic E-state index is 0.0185. The lowest BCUT2D eigenvalue weighted by Crippen LogP contribution is -2.35. The summed E-state index contributed by atoms with van der Waals surface area (Å²) in [4.78, 5) is 19.8. The van der Waals surface area contributed by atoms with Crippen molar-refractivity contribution in [3.05, 3.63) is 25.3 Å². The Morgan fingerprint density at radius 2 is 1.26 bits per heavy atom. The zero-order valence-corrected chi connectivity index (χ0v) is 15.6. The number of rotatable bonds is 10. The number of carbonyl (C=O) groups excluding carboxylic acids is 2. The van der Waals surface area contributed by atoms with Gasteiger partial charge in [-0.3, -0.25) is 9.59 Å². The number of hydrogen-bond acceptors (Lipinski definition) is 5. The molecule has 0 aliphatic rings. The molecular formula is C18H34O5. The van der Waals surface area contributed by atoms with Crippen molar-refractivity contribution < 1.29 is 23.8 Å². The van der Waals surface area contributed by atoms with Crippen LogP contribution in [0.15, 0.2) is 25.3 Å². The van der Waals surface area contributed by atoms with Gasteiger partial charge in [-0.05, 0) is 25.5 Å². The third kappa shape index (κ3) is 18.7. The number of ketones is 2. The van der Waals surface area contributed by atoms with E-state index in [2.05, 4.69) is 20.1 Å². The molecule has 0 radical (unpaired) electrons. The smallest absolute Gasteiger partial charge is 0.154 e. The lowest BCUT2D eigenvalue weighted by Gasteiger charge is -2.30. The van der Waals surface area contributed by atoms with E-state index < -0.39 is 0 Å². The Morgan fingerprint density at radius 3 is 1.35 bits per heavy atom. The average Bonchev–Trinajstić information content (AvgIpc) is 2.55. The van der Waals surface area contributed by atoms with Crippen molar-refractivity contribution in [3.63, 3.8) is 0 Å². The summed E-state index contributed by atoms with van der Waals surface area (Å²) < 4.78 is 15.4. The highest BCUT2D eigenvalue weighted by atomic mass is 16.5. The fourth-order valence-corrected chi connectivity index (χ4v) is 1.49. The van der Waals surface area contributed by atoms with Crippen molar-refractivity contribution in [3.8, 4) is 0 Å². The van der Waals surface area contributed by atoms with Crippen LogP contribution in [0, 0.1) is 5.41 Å². The van der Waals surface area contributed by atoms with Crippen LogP contribution in [0.2, 0.25) is 0 Å². The van der Waals surface area contributed by atoms with Gasteiger partial charge in [0.25, 0.3) is 0 Å². The molecule has 0 spiro atoms. The van der Waals surface area contributed by atoms with Gasteiger partial charge in [-0.25, -0.2) is 0 Å². The Balaban J connectivity index is -0.000000303. The van der Waals surface area contributed by atoms with Crippen LogP contribution in [-0.2, 0) is 23.8 Å². The molecule has 0 aromatic rings. The van der Waals surface area contributed by atoms with E-state index in [1.165, 1.54) is 19.1 Å². The van der Waals surface area contributed by atoms with E-state index in [4.69, 9.17) is 14.2 Å². The van der Waals surface area contributed by atoms with Gasteiger partial charge in [0.15, 0.2) is 11.6 Å². The Hall–Kier alpha value is -1.30. The molecule has 0 N–H and O–H groups in total. The van der Waals surface area contributed by atoms with E-state index in [9.17, 15) is 9.59 Å². The zero-order chi connectivity index (χ0) is 18.7. The standard InChI is InChI=1S/C9H20O3.C5H8O.C4H6O/c1-5-9(6-10-2,7-11-3)8-12-4;1-3-5(6)4-2;1-3-4(2)5/h5-8H2,1-4H3;3H,1,4H2,2H3;3H,1H2,2H3. The van der Waals surface area contributed by atoms with Crippen LogP contribution in [0.1, 0.15) is 33.6 Å². The average molecular weight is 330 g/mol. The molecule has 0 amide bonds. The summed E-state index contributed by atoms with van der Waals surface area (Å²) in [5.74, 6) is 0.125. The maximum absolute atomic E-state index is 10.1. The molecule has 0 aliphatic heterocycles. The summed E-state index contributed by atoms with van der Waals surface area (Å²) in [6, 6.07) is 0. The third-order valence-corrected chi connectivity index (χ3v) is 2.97. The van der Waals surface area contributed by atoms with Gasteiger partial charge in [0.1, 0.15) is 0 Å². The molecule has 23 heavy (non-hydrogen) atoms. The highest BCUT2D eigenvalue weighted by Gasteiger charge is 2.28. The lowest BCUT2D eigenvalue weighted by atomic mass is 9.88. The van der Waals surface area contributed by atoms with Crippen LogP contribution in [0.5, 0.6) is 0 Å². The quantitative estimate of drug-likeness (QED) is 0.576. The molecular weight excluding hydrogens is 296 g/mol. The molecule has 0 rings (SSSR count). The van der Waals surface area contributed by atoms with Crippen LogP contribution in [-0.4, -0.2) is 52.7 Å². The summed E-state index contributed by atoms with van der Waals surface area (Å²) in [6.45, 7) is 13.9. The SMILES string of the molecule is C=CC(=O)CC.C=CC(C)=O.CCC(COC)(COC)COC. The number of carbonyl (C=O) groups is 2. The van der Waals surface area contributed by atoms with Crippen LogP contribution < -0.4 is 0 Å². The van der Waals surface area contributed by atoms with Crippen molar-refractivity contribution >= 4 is 11.6 Å². The number of ether oxygens (including phenoxy) is 3. The molecule has 5 heteroatoms. The Kier molecular flexibility index (Phi) is 21.7. The van der Waals surface area contributed by atoms with Gasteiger partial charge in [-0.15, -0.1) is 0 Å². The van der Waals surface area contributed by atoms with E-state index in [0.29, 0.717) is 26.2 Å². The van der Waals surface area contributed by atoms with Crippen molar-refractivity contribution in [1.82, 2.24) is 0 Å². The Morgan fingerprint density at radius 1 is 0.913 bits per heavy atom. The molecule has 0 heterocycles. The van der Waals surface area contributed by atoms with E-state index in [1.54, 1.807) is 21.3 Å². The molecule has 0 atom stereocenters. The molecule has 0 saturated heterocycles. The first-order chi connectivity index (χ1) is 10.8. The van der Waals surface area contributed by atoms with E-state index >= 15 is 0 Å². The third-order valence-electron chi connectivity index (χ3n) is 2.97. The van der Waals surface area contributed by atoms with Gasteiger partial charge in [0.2, 0.25) is 0 Å². The second-order valence-electron chi connectivity index (χ2n) is 4.99. The predicted octanol–water partition coefficient (Wildman–Crippen LogP) is 3.23. The summed E-state index contributed by atoms with van der Waals surface area (Å²) in [5, 5.41) is 0. The second-order valence-corrected chi connectivity index (χ2v) is 4.99. The highest BCUT2D eigenvalue weighted by molar-refractivity contribution is 5.88. The molecule has 0 unspecified atom stereocenters. The van der Waals surface area contributed by atoms with Gasteiger partial charge < -0.3 is 14.2 Å². The monoisotopic (exact) mass is 330 g/mol. The van der Waals surface area contributed by atoms with Crippen LogP contribution in [0.4, 0.5) is 0 Å². The molecule has 5 nitrogen and oxygen atoms in total. The minimum Gasteiger partial charge on any atom is -0.384 e. The minimum absolute atomic E-state index is 0.0185. The summed E-state index contributed by atoms with van der Waals surface area (Å²) in [7, 11) is 5.11. The Labute approximate surface area is 141 Å². The van der Waals surface area contributed by atoms with Crippen molar-refractivity contribution in [2.45, 2.75) is 33.6 Å². The first-order valence-corrected chi connectivity index (χ1v) is 7.57. The fourth-order valence-electron chi connectivity index (χ4n) is 1.49. The van der Waals surface area contributed by atoms with Gasteiger partial charge >= 0.3 is 0 Å². The molecule has 136 valence electrons. The maximum atomic E-state index is 10.1. The number of allylic oxidation sites excluding steroid dienone is 2. The molecule has 0 saturated carbocycles. The molecule has 0 aliphatic carbocycles. The second kappa shape index (κ2) is 18.7. The predicted molar refractivity (Wildman–Crippen MR) is 94.7 cm³/mol. The van der Waals surface area contributed by atoms with E-state index in [-0.39, 0.29) is 17.0 Å². The highest BCUT2D eigenvalue weighted by Crippen LogP contribution is 2.22. The first kappa shape index (κ1) is 26.6. The molecule has 0 bridgehead atoms. The zero-order valence-electron chi connectivity index (χ0n) is 15.6. The van der Waals surface area contributed by atoms with Crippen molar-refractivity contribution in [1.29, 1.82) is 0 Å². The summed E-state index contributed by atoms with van der Waals surface area (Å²) >= 11 is 0. The largest absolute Gasteiger partial charge is 0.384 e. The topological polar surface area (TPSA) is 61.8 Å². The van der Waals surface area contributed by atoms with Gasteiger partial charge in [-0.1, -0.05) is 27.0 Å². The normalized spacial score (nSPS) is 9.65. The van der Waals surface area contributed by atoms with Crippen LogP contribution in [0.3, 0.4) is 0 Å². The molecule has 0 fully saturated rings. The molecule has 0 aromatic carbocycles. The Bertz CT molecular complexity index is 306. The fraction of sp³-hybridized carbons (Fsp3) is 0.667. The van der Waals surface area contributed by atoms with Gasteiger partial charge in [-0.2, -0.15) is 0 Å². The summed E-state index contributed by atoms with van der Waals surface area (Å²) in [6.07, 6.45) is 4.19. The molecule has 0 aromatic heterocycles. The lowest BCUT2D eigenvalue weighted by molar-refractivity contribution is -0.114. The van der Waals surface area contributed by atoms with Crippen LogP contribution in [0.25, 0.3) is 0 Å². The van der Waals surface area contributed by atoms with Gasteiger partial charge in [0.05, 0.1) is 19.8 Å². The van der Waals surface area contributed by atoms with Crippen LogP contribution >= 0.6 is 0 Å².